The third kappa shape index (κ3) is 3.63. The van der Waals surface area contributed by atoms with Crippen molar-refractivity contribution >= 4 is 55.1 Å². The van der Waals surface area contributed by atoms with Crippen LogP contribution in [0.1, 0.15) is 5.56 Å². The van der Waals surface area contributed by atoms with Gasteiger partial charge in [-0.25, -0.2) is 9.78 Å². The Bertz CT molecular complexity index is 1090. The Hall–Kier alpha value is -2.64. The fraction of sp³-hybridized carbons (Fsp3) is 0.0526. The van der Waals surface area contributed by atoms with Gasteiger partial charge in [0, 0.05) is 20.9 Å². The second kappa shape index (κ2) is 6.93. The van der Waals surface area contributed by atoms with E-state index in [1.165, 1.54) is 11.3 Å². The van der Waals surface area contributed by atoms with E-state index in [2.05, 4.69) is 31.5 Å². The number of carbonyl (C=O) groups is 1. The highest BCUT2D eigenvalue weighted by Gasteiger charge is 2.12. The first-order valence-corrected chi connectivity index (χ1v) is 9.54. The number of hydrogen-bond donors (Lipinski definition) is 2. The average Bonchev–Trinajstić information content (AvgIpc) is 3.23. The lowest BCUT2D eigenvalue weighted by atomic mass is 10.2. The first kappa shape index (κ1) is 16.8. The number of furan rings is 1. The van der Waals surface area contributed by atoms with Crippen molar-refractivity contribution in [2.24, 2.45) is 0 Å². The number of hydrogen-bond acceptors (Lipinski definition) is 4. The number of benzene rings is 2. The molecular weight excluding hydrogens is 414 g/mol. The number of anilines is 2. The van der Waals surface area contributed by atoms with Crippen LogP contribution in [0, 0.1) is 6.92 Å². The minimum absolute atomic E-state index is 0.330. The van der Waals surface area contributed by atoms with Gasteiger partial charge in [-0.2, -0.15) is 0 Å². The number of nitrogens with zero attached hydrogens (tertiary/aromatic N) is 1. The fourth-order valence-electron chi connectivity index (χ4n) is 2.48. The monoisotopic (exact) mass is 427 g/mol. The van der Waals surface area contributed by atoms with E-state index >= 15 is 0 Å². The van der Waals surface area contributed by atoms with Gasteiger partial charge < -0.3 is 9.73 Å². The van der Waals surface area contributed by atoms with Crippen molar-refractivity contribution in [1.82, 2.24) is 4.98 Å². The molecule has 2 amide bonds. The van der Waals surface area contributed by atoms with Crippen molar-refractivity contribution in [3.8, 4) is 11.5 Å². The molecule has 130 valence electrons. The Morgan fingerprint density at radius 2 is 1.92 bits per heavy atom. The maximum Gasteiger partial charge on any atom is 0.325 e. The van der Waals surface area contributed by atoms with E-state index in [1.807, 2.05) is 60.8 Å². The number of fused-ring (bicyclic) bond motifs is 1. The molecule has 0 atom stereocenters. The lowest BCUT2D eigenvalue weighted by molar-refractivity contribution is 0.262. The van der Waals surface area contributed by atoms with Crippen LogP contribution in [0.3, 0.4) is 0 Å². The molecule has 2 N–H and O–H groups in total. The Kier molecular flexibility index (Phi) is 4.48. The van der Waals surface area contributed by atoms with Gasteiger partial charge in [-0.05, 0) is 43.3 Å². The first-order chi connectivity index (χ1) is 12.6. The number of thiazole rings is 1. The summed E-state index contributed by atoms with van der Waals surface area (Å²) in [5, 5.41) is 8.88. The maximum atomic E-state index is 12.1. The summed E-state index contributed by atoms with van der Waals surface area (Å²) in [6.07, 6.45) is 0. The second-order valence-electron chi connectivity index (χ2n) is 5.78. The lowest BCUT2D eigenvalue weighted by Gasteiger charge is -2.05. The van der Waals surface area contributed by atoms with E-state index in [0.717, 1.165) is 26.7 Å². The van der Waals surface area contributed by atoms with Crippen LogP contribution < -0.4 is 10.6 Å². The number of halogens is 1. The van der Waals surface area contributed by atoms with Crippen LogP contribution >= 0.6 is 27.3 Å². The van der Waals surface area contributed by atoms with E-state index < -0.39 is 0 Å². The number of urea groups is 1. The number of amides is 2. The van der Waals surface area contributed by atoms with Crippen LogP contribution in [0.25, 0.3) is 22.4 Å². The van der Waals surface area contributed by atoms with Crippen LogP contribution in [0.4, 0.5) is 15.6 Å². The van der Waals surface area contributed by atoms with Crippen LogP contribution in [-0.2, 0) is 0 Å². The highest BCUT2D eigenvalue weighted by Crippen LogP contribution is 2.31. The molecule has 0 radical (unpaired) electrons. The largest absolute Gasteiger partial charge is 0.454 e. The summed E-state index contributed by atoms with van der Waals surface area (Å²) in [5.74, 6) is 0.668. The number of carbonyl (C=O) groups excluding carboxylic acids is 1. The molecular formula is C19H14BrN3O2S. The van der Waals surface area contributed by atoms with Crippen molar-refractivity contribution < 1.29 is 9.21 Å². The summed E-state index contributed by atoms with van der Waals surface area (Å²) < 4.78 is 6.82. The molecule has 0 saturated carbocycles. The van der Waals surface area contributed by atoms with Gasteiger partial charge in [0.05, 0.1) is 0 Å². The summed E-state index contributed by atoms with van der Waals surface area (Å²) in [6, 6.07) is 15.0. The van der Waals surface area contributed by atoms with E-state index in [1.54, 1.807) is 0 Å². The zero-order chi connectivity index (χ0) is 18.1. The van der Waals surface area contributed by atoms with Gasteiger partial charge in [-0.3, -0.25) is 5.32 Å². The summed E-state index contributed by atoms with van der Waals surface area (Å²) in [7, 11) is 0. The number of nitrogens with one attached hydrogen (secondary N) is 2. The average molecular weight is 428 g/mol. The van der Waals surface area contributed by atoms with Crippen LogP contribution in [0.2, 0.25) is 0 Å². The van der Waals surface area contributed by atoms with Crippen molar-refractivity contribution in [1.29, 1.82) is 0 Å². The minimum Gasteiger partial charge on any atom is -0.454 e. The predicted molar refractivity (Wildman–Crippen MR) is 109 cm³/mol. The van der Waals surface area contributed by atoms with Crippen molar-refractivity contribution in [2.75, 3.05) is 10.6 Å². The highest BCUT2D eigenvalue weighted by atomic mass is 79.9. The molecule has 7 heteroatoms. The van der Waals surface area contributed by atoms with Gasteiger partial charge in [0.25, 0.3) is 0 Å². The molecule has 0 saturated heterocycles. The van der Waals surface area contributed by atoms with Crippen LogP contribution in [0.5, 0.6) is 0 Å². The topological polar surface area (TPSA) is 67.2 Å². The summed E-state index contributed by atoms with van der Waals surface area (Å²) in [6.45, 7) is 2.00. The standard InChI is InChI=1S/C19H14BrN3O2S/c1-11-2-5-14(6-3-11)21-18(24)23-19-22-15(10-26-19)17-9-12-8-13(20)4-7-16(12)25-17/h2-10H,1H3,(H2,21,22,23,24). The molecule has 26 heavy (non-hydrogen) atoms. The van der Waals surface area contributed by atoms with E-state index in [-0.39, 0.29) is 6.03 Å². The van der Waals surface area contributed by atoms with Crippen molar-refractivity contribution in [3.05, 3.63) is 63.9 Å². The van der Waals surface area contributed by atoms with Gasteiger partial charge >= 0.3 is 6.03 Å². The maximum absolute atomic E-state index is 12.1. The van der Waals surface area contributed by atoms with E-state index in [0.29, 0.717) is 16.6 Å². The van der Waals surface area contributed by atoms with Crippen LogP contribution in [-0.4, -0.2) is 11.0 Å². The molecule has 2 aromatic heterocycles. The lowest BCUT2D eigenvalue weighted by Crippen LogP contribution is -2.19. The van der Waals surface area contributed by atoms with Gasteiger partial charge in [0.15, 0.2) is 10.9 Å². The highest BCUT2D eigenvalue weighted by molar-refractivity contribution is 9.10. The van der Waals surface area contributed by atoms with Gasteiger partial charge in [0.1, 0.15) is 11.3 Å². The third-order valence-corrected chi connectivity index (χ3v) is 5.02. The number of rotatable bonds is 3. The molecule has 4 rings (SSSR count). The zero-order valence-corrected chi connectivity index (χ0v) is 16.1. The van der Waals surface area contributed by atoms with E-state index in [4.69, 9.17) is 4.42 Å². The Morgan fingerprint density at radius 3 is 2.73 bits per heavy atom. The Labute approximate surface area is 162 Å². The molecule has 0 spiro atoms. The minimum atomic E-state index is -0.330. The molecule has 5 nitrogen and oxygen atoms in total. The zero-order valence-electron chi connectivity index (χ0n) is 13.7. The molecule has 2 heterocycles. The van der Waals surface area contributed by atoms with Gasteiger partial charge in [0.2, 0.25) is 0 Å². The number of aryl methyl sites for hydroxylation is 1. The molecule has 0 aliphatic carbocycles. The Balaban J connectivity index is 1.48. The third-order valence-electron chi connectivity index (χ3n) is 3.76. The van der Waals surface area contributed by atoms with Crippen molar-refractivity contribution in [2.45, 2.75) is 6.92 Å². The first-order valence-electron chi connectivity index (χ1n) is 7.86. The molecule has 0 aliphatic rings. The molecule has 0 unspecified atom stereocenters. The normalized spacial score (nSPS) is 10.8. The summed E-state index contributed by atoms with van der Waals surface area (Å²) in [5.41, 5.74) is 3.35. The summed E-state index contributed by atoms with van der Waals surface area (Å²) >= 11 is 4.80. The Morgan fingerprint density at radius 1 is 1.12 bits per heavy atom. The molecule has 0 bridgehead atoms. The quantitative estimate of drug-likeness (QED) is 0.404. The molecule has 4 aromatic rings. The number of aromatic nitrogens is 1. The molecule has 0 aliphatic heterocycles. The van der Waals surface area contributed by atoms with E-state index in [9.17, 15) is 4.79 Å². The molecule has 2 aromatic carbocycles. The SMILES string of the molecule is Cc1ccc(NC(=O)Nc2nc(-c3cc4cc(Br)ccc4o3)cs2)cc1. The van der Waals surface area contributed by atoms with Gasteiger partial charge in [-0.15, -0.1) is 11.3 Å². The smallest absolute Gasteiger partial charge is 0.325 e. The van der Waals surface area contributed by atoms with Crippen LogP contribution in [0.15, 0.2) is 62.8 Å². The van der Waals surface area contributed by atoms with Crippen molar-refractivity contribution in [3.63, 3.8) is 0 Å². The van der Waals surface area contributed by atoms with Gasteiger partial charge in [-0.1, -0.05) is 33.6 Å². The fourth-order valence-corrected chi connectivity index (χ4v) is 3.55. The second-order valence-corrected chi connectivity index (χ2v) is 7.55. The predicted octanol–water partition coefficient (Wildman–Crippen LogP) is 6.27. The summed E-state index contributed by atoms with van der Waals surface area (Å²) in [4.78, 5) is 16.5. The molecule has 0 fully saturated rings.